The minimum atomic E-state index is -1.18. The van der Waals surface area contributed by atoms with Crippen molar-refractivity contribution in [3.8, 4) is 0 Å². The van der Waals surface area contributed by atoms with Crippen molar-refractivity contribution in [1.29, 1.82) is 0 Å². The van der Waals surface area contributed by atoms with E-state index in [9.17, 15) is 9.32 Å². The third-order valence-electron chi connectivity index (χ3n) is 3.34. The van der Waals surface area contributed by atoms with Gasteiger partial charge >= 0.3 is 0 Å². The van der Waals surface area contributed by atoms with Crippen molar-refractivity contribution in [1.82, 2.24) is 4.31 Å². The molecule has 1 rings (SSSR count). The van der Waals surface area contributed by atoms with E-state index in [2.05, 4.69) is 26.5 Å². The Hall–Kier alpha value is -0.710. The second kappa shape index (κ2) is 7.78. The predicted molar refractivity (Wildman–Crippen MR) is 81.8 cm³/mol. The van der Waals surface area contributed by atoms with Crippen LogP contribution in [-0.2, 0) is 11.0 Å². The lowest BCUT2D eigenvalue weighted by Gasteiger charge is -2.28. The zero-order valence-electron chi connectivity index (χ0n) is 12.1. The summed E-state index contributed by atoms with van der Waals surface area (Å²) in [5.74, 6) is 0.451. The summed E-state index contributed by atoms with van der Waals surface area (Å²) < 4.78 is 14.1. The lowest BCUT2D eigenvalue weighted by Crippen LogP contribution is -2.37. The molecule has 0 aromatic heterocycles. The van der Waals surface area contributed by atoms with Crippen LogP contribution >= 0.6 is 0 Å². The van der Waals surface area contributed by atoms with E-state index in [4.69, 9.17) is 0 Å². The molecule has 0 amide bonds. The van der Waals surface area contributed by atoms with E-state index in [1.54, 1.807) is 0 Å². The molecule has 0 aliphatic carbocycles. The topological polar surface area (TPSA) is 40.5 Å². The first kappa shape index (κ1) is 16.3. The number of rotatable bonds is 5. The number of hydrogen-bond donors (Lipinski definition) is 1. The molecule has 0 saturated carbocycles. The minimum absolute atomic E-state index is 0.243. The van der Waals surface area contributed by atoms with Crippen LogP contribution in [0.4, 0.5) is 0 Å². The van der Waals surface area contributed by atoms with Crippen molar-refractivity contribution in [2.45, 2.75) is 39.7 Å². The van der Waals surface area contributed by atoms with Crippen LogP contribution in [0, 0.1) is 5.92 Å². The lowest BCUT2D eigenvalue weighted by molar-refractivity contribution is 0.115. The molecule has 0 bridgehead atoms. The molecule has 0 radical (unpaired) electrons. The van der Waals surface area contributed by atoms with Crippen LogP contribution in [-0.4, -0.2) is 32.8 Å². The molecule has 19 heavy (non-hydrogen) atoms. The largest absolute Gasteiger partial charge is 0.393 e. The Morgan fingerprint density at radius 1 is 1.37 bits per heavy atom. The summed E-state index contributed by atoms with van der Waals surface area (Å²) >= 11 is 0. The van der Waals surface area contributed by atoms with Gasteiger partial charge in [-0.2, -0.15) is 0 Å². The molecule has 1 unspecified atom stereocenters. The highest BCUT2D eigenvalue weighted by Gasteiger charge is 2.21. The third kappa shape index (κ3) is 5.05. The number of aliphatic hydroxyl groups is 1. The second-order valence-corrected chi connectivity index (χ2v) is 6.69. The average molecular weight is 283 g/mol. The smallest absolute Gasteiger partial charge is 0.126 e. The van der Waals surface area contributed by atoms with Gasteiger partial charge < -0.3 is 5.11 Å². The monoisotopic (exact) mass is 283 g/mol. The van der Waals surface area contributed by atoms with Gasteiger partial charge in [0, 0.05) is 18.0 Å². The zero-order valence-corrected chi connectivity index (χ0v) is 12.9. The Morgan fingerprint density at radius 3 is 2.42 bits per heavy atom. The lowest BCUT2D eigenvalue weighted by atomic mass is 10.0. The Morgan fingerprint density at radius 2 is 1.95 bits per heavy atom. The van der Waals surface area contributed by atoms with E-state index in [0.717, 1.165) is 0 Å². The molecule has 0 aromatic rings. The number of allylic oxidation sites excluding steroid dienone is 4. The van der Waals surface area contributed by atoms with Crippen LogP contribution in [0.15, 0.2) is 35.3 Å². The number of piperidine rings is 1. The normalized spacial score (nSPS) is 21.2. The van der Waals surface area contributed by atoms with Gasteiger partial charge in [0.05, 0.1) is 6.10 Å². The third-order valence-corrected chi connectivity index (χ3v) is 4.76. The van der Waals surface area contributed by atoms with Gasteiger partial charge in [0.2, 0.25) is 0 Å². The molecule has 0 spiro atoms. The fourth-order valence-electron chi connectivity index (χ4n) is 2.04. The summed E-state index contributed by atoms with van der Waals surface area (Å²) in [6.07, 6.45) is 7.03. The number of hydrogen-bond acceptors (Lipinski definition) is 2. The van der Waals surface area contributed by atoms with E-state index >= 15 is 0 Å². The van der Waals surface area contributed by atoms with E-state index in [0.29, 0.717) is 36.8 Å². The second-order valence-electron chi connectivity index (χ2n) is 5.15. The molecule has 1 aliphatic rings. The van der Waals surface area contributed by atoms with Crippen molar-refractivity contribution >= 4 is 11.0 Å². The van der Waals surface area contributed by atoms with E-state index in [1.807, 2.05) is 23.4 Å². The van der Waals surface area contributed by atoms with Gasteiger partial charge in [0.15, 0.2) is 0 Å². The summed E-state index contributed by atoms with van der Waals surface area (Å²) in [5, 5.41) is 9.45. The fourth-order valence-corrected chi connectivity index (χ4v) is 3.10. The van der Waals surface area contributed by atoms with Crippen molar-refractivity contribution in [3.63, 3.8) is 0 Å². The predicted octanol–water partition coefficient (Wildman–Crippen LogP) is 2.78. The van der Waals surface area contributed by atoms with Crippen molar-refractivity contribution < 1.29 is 9.32 Å². The summed E-state index contributed by atoms with van der Waals surface area (Å²) in [6.45, 7) is 11.5. The zero-order chi connectivity index (χ0) is 14.4. The molecular weight excluding hydrogens is 258 g/mol. The molecule has 108 valence electrons. The summed E-state index contributed by atoms with van der Waals surface area (Å²) in [4.78, 5) is 0.622. The van der Waals surface area contributed by atoms with Crippen LogP contribution in [0.5, 0.6) is 0 Å². The SMILES string of the molecule is C=C(/C=C\C(=C/C)C(C)C)S(=O)N1CCC(O)CC1. The molecule has 4 heteroatoms. The highest BCUT2D eigenvalue weighted by atomic mass is 32.2. The van der Waals surface area contributed by atoms with Gasteiger partial charge in [-0.15, -0.1) is 0 Å². The molecule has 1 heterocycles. The van der Waals surface area contributed by atoms with Gasteiger partial charge in [0.25, 0.3) is 0 Å². The summed E-state index contributed by atoms with van der Waals surface area (Å²) in [5.41, 5.74) is 1.22. The first-order chi connectivity index (χ1) is 8.95. The fraction of sp³-hybridized carbons (Fsp3) is 0.600. The van der Waals surface area contributed by atoms with E-state index < -0.39 is 11.0 Å². The molecular formula is C15H25NO2S. The Labute approximate surface area is 119 Å². The Bertz CT molecular complexity index is 391. The summed E-state index contributed by atoms with van der Waals surface area (Å²) in [6, 6.07) is 0. The van der Waals surface area contributed by atoms with Gasteiger partial charge in [-0.3, -0.25) is 0 Å². The maximum Gasteiger partial charge on any atom is 0.126 e. The van der Waals surface area contributed by atoms with Gasteiger partial charge in [-0.05, 0) is 37.3 Å². The molecule has 1 aliphatic heterocycles. The maximum atomic E-state index is 12.3. The highest BCUT2D eigenvalue weighted by molar-refractivity contribution is 7.86. The molecule has 1 N–H and O–H groups in total. The van der Waals surface area contributed by atoms with Crippen molar-refractivity contribution in [2.24, 2.45) is 5.92 Å². The molecule has 0 aromatic carbocycles. The maximum absolute atomic E-state index is 12.3. The van der Waals surface area contributed by atoms with Crippen molar-refractivity contribution in [2.75, 3.05) is 13.1 Å². The Kier molecular flexibility index (Phi) is 6.69. The first-order valence-corrected chi connectivity index (χ1v) is 7.94. The van der Waals surface area contributed by atoms with Crippen LogP contribution in [0.1, 0.15) is 33.6 Å². The number of aliphatic hydroxyl groups excluding tert-OH is 1. The van der Waals surface area contributed by atoms with Gasteiger partial charge in [0.1, 0.15) is 11.0 Å². The molecule has 1 fully saturated rings. The number of nitrogens with zero attached hydrogens (tertiary/aromatic N) is 1. The van der Waals surface area contributed by atoms with Crippen LogP contribution in [0.2, 0.25) is 0 Å². The Balaban J connectivity index is 2.58. The van der Waals surface area contributed by atoms with Gasteiger partial charge in [-0.25, -0.2) is 8.51 Å². The molecule has 3 nitrogen and oxygen atoms in total. The minimum Gasteiger partial charge on any atom is -0.393 e. The van der Waals surface area contributed by atoms with Crippen LogP contribution in [0.25, 0.3) is 0 Å². The van der Waals surface area contributed by atoms with E-state index in [-0.39, 0.29) is 6.10 Å². The average Bonchev–Trinajstić information content (AvgIpc) is 2.38. The summed E-state index contributed by atoms with van der Waals surface area (Å²) in [7, 11) is -1.18. The van der Waals surface area contributed by atoms with Crippen LogP contribution < -0.4 is 0 Å². The highest BCUT2D eigenvalue weighted by Crippen LogP contribution is 2.17. The quantitative estimate of drug-likeness (QED) is 0.788. The molecule has 1 atom stereocenters. The standard InChI is InChI=1S/C15H25NO2S/c1-5-14(12(2)3)7-6-13(4)19(18)16-10-8-15(17)9-11-16/h5-7,12,15,17H,4,8-11H2,1-3H3/b7-6-,14-5+. The van der Waals surface area contributed by atoms with E-state index in [1.165, 1.54) is 5.57 Å². The molecule has 1 saturated heterocycles. The van der Waals surface area contributed by atoms with Gasteiger partial charge in [-0.1, -0.05) is 32.6 Å². The van der Waals surface area contributed by atoms with Crippen molar-refractivity contribution in [3.05, 3.63) is 35.3 Å². The van der Waals surface area contributed by atoms with Crippen LogP contribution in [0.3, 0.4) is 0 Å². The first-order valence-electron chi connectivity index (χ1n) is 6.83.